The van der Waals surface area contributed by atoms with Gasteiger partial charge in [-0.05, 0) is 36.9 Å². The molecule has 0 aliphatic heterocycles. The molecule has 2 rings (SSSR count). The molecule has 28 heavy (non-hydrogen) atoms. The van der Waals surface area contributed by atoms with E-state index in [1.54, 1.807) is 0 Å². The van der Waals surface area contributed by atoms with E-state index >= 15 is 0 Å². The Labute approximate surface area is 169 Å². The third-order valence-corrected chi connectivity index (χ3v) is 4.77. The van der Waals surface area contributed by atoms with E-state index < -0.39 is 4.92 Å². The second-order valence-electron chi connectivity index (χ2n) is 6.10. The number of non-ortho nitro benzene ring substituents is 1. The number of rotatable bonds is 10. The van der Waals surface area contributed by atoms with Gasteiger partial charge in [-0.3, -0.25) is 19.8 Å². The van der Waals surface area contributed by atoms with Gasteiger partial charge in [0.05, 0.1) is 11.0 Å². The van der Waals surface area contributed by atoms with Crippen molar-refractivity contribution < 1.29 is 14.5 Å². The number of nitrogens with one attached hydrogen (secondary N) is 1. The largest absolute Gasteiger partial charge is 0.484 e. The zero-order valence-corrected chi connectivity index (χ0v) is 16.7. The number of nitro groups is 1. The lowest BCUT2D eigenvalue weighted by Gasteiger charge is -2.30. The minimum Gasteiger partial charge on any atom is -0.484 e. The number of hydrogen-bond donors (Lipinski definition) is 1. The van der Waals surface area contributed by atoms with E-state index in [0.29, 0.717) is 17.3 Å². The Morgan fingerprint density at radius 1 is 1.18 bits per heavy atom. The molecule has 0 saturated heterocycles. The lowest BCUT2D eigenvalue weighted by molar-refractivity contribution is -0.384. The maximum Gasteiger partial charge on any atom is 0.269 e. The van der Waals surface area contributed by atoms with Crippen molar-refractivity contribution in [1.82, 2.24) is 10.2 Å². The van der Waals surface area contributed by atoms with E-state index in [2.05, 4.69) is 24.1 Å². The fourth-order valence-corrected chi connectivity index (χ4v) is 3.18. The van der Waals surface area contributed by atoms with Gasteiger partial charge in [-0.2, -0.15) is 0 Å². The summed E-state index contributed by atoms with van der Waals surface area (Å²) in [5.41, 5.74) is 0.933. The van der Waals surface area contributed by atoms with Gasteiger partial charge in [0, 0.05) is 23.7 Å². The lowest BCUT2D eigenvalue weighted by Crippen LogP contribution is -2.39. The lowest BCUT2D eigenvalue weighted by atomic mass is 10.0. The number of nitro benzene ring substituents is 1. The predicted octanol–water partition coefficient (Wildman–Crippen LogP) is 3.83. The molecule has 1 atom stereocenters. The van der Waals surface area contributed by atoms with Crippen molar-refractivity contribution in [3.05, 3.63) is 69.2 Å². The fraction of sp³-hybridized carbons (Fsp3) is 0.350. The number of likely N-dealkylation sites (N-methyl/N-ethyl adjacent to an activating group) is 1. The summed E-state index contributed by atoms with van der Waals surface area (Å²) in [5.74, 6) is 0.120. The zero-order chi connectivity index (χ0) is 20.5. The summed E-state index contributed by atoms with van der Waals surface area (Å²) in [5, 5.41) is 14.2. The monoisotopic (exact) mass is 405 g/mol. The van der Waals surface area contributed by atoms with Crippen molar-refractivity contribution in [1.29, 1.82) is 0 Å². The molecule has 0 heterocycles. The van der Waals surface area contributed by atoms with Gasteiger partial charge in [0.1, 0.15) is 5.75 Å². The van der Waals surface area contributed by atoms with Gasteiger partial charge in [-0.15, -0.1) is 0 Å². The van der Waals surface area contributed by atoms with Crippen LogP contribution in [0.15, 0.2) is 48.5 Å². The maximum absolute atomic E-state index is 12.2. The molecule has 2 aromatic rings. The van der Waals surface area contributed by atoms with Crippen molar-refractivity contribution in [2.45, 2.75) is 19.9 Å². The average Bonchev–Trinajstić information content (AvgIpc) is 2.70. The Kier molecular flexibility index (Phi) is 8.22. The van der Waals surface area contributed by atoms with Crippen molar-refractivity contribution in [3.8, 4) is 5.75 Å². The summed E-state index contributed by atoms with van der Waals surface area (Å²) in [6.07, 6.45) is 0. The van der Waals surface area contributed by atoms with Crippen LogP contribution in [0.3, 0.4) is 0 Å². The van der Waals surface area contributed by atoms with Crippen LogP contribution in [0, 0.1) is 10.1 Å². The quantitative estimate of drug-likeness (QED) is 0.479. The first-order valence-corrected chi connectivity index (χ1v) is 9.46. The molecule has 0 fully saturated rings. The highest BCUT2D eigenvalue weighted by Crippen LogP contribution is 2.27. The molecule has 0 radical (unpaired) electrons. The fourth-order valence-electron chi connectivity index (χ4n) is 2.92. The number of carbonyl (C=O) groups is 1. The second-order valence-corrected chi connectivity index (χ2v) is 6.51. The van der Waals surface area contributed by atoms with E-state index in [-0.39, 0.29) is 24.2 Å². The summed E-state index contributed by atoms with van der Waals surface area (Å²) in [4.78, 5) is 24.6. The molecule has 1 unspecified atom stereocenters. The predicted molar refractivity (Wildman–Crippen MR) is 109 cm³/mol. The molecule has 7 nitrogen and oxygen atoms in total. The summed E-state index contributed by atoms with van der Waals surface area (Å²) in [6.45, 7) is 5.99. The van der Waals surface area contributed by atoms with Gasteiger partial charge >= 0.3 is 0 Å². The Bertz CT molecular complexity index is 794. The molecule has 150 valence electrons. The Morgan fingerprint density at radius 3 is 2.39 bits per heavy atom. The van der Waals surface area contributed by atoms with Gasteiger partial charge < -0.3 is 10.1 Å². The van der Waals surface area contributed by atoms with Crippen LogP contribution in [-0.4, -0.2) is 42.0 Å². The molecule has 1 amide bonds. The van der Waals surface area contributed by atoms with Crippen LogP contribution in [0.1, 0.15) is 25.5 Å². The normalized spacial score (nSPS) is 11.9. The molecule has 0 saturated carbocycles. The molecule has 1 N–H and O–H groups in total. The summed E-state index contributed by atoms with van der Waals surface area (Å²) in [7, 11) is 0. The summed E-state index contributed by atoms with van der Waals surface area (Å²) < 4.78 is 5.40. The SMILES string of the molecule is CCN(CC)C(CNC(=O)COc1ccc([N+](=O)[O-])cc1)c1ccccc1Cl. The van der Waals surface area contributed by atoms with E-state index in [1.165, 1.54) is 24.3 Å². The standard InChI is InChI=1S/C20H24ClN3O4/c1-3-23(4-2)19(17-7-5-6-8-18(17)21)13-22-20(25)14-28-16-11-9-15(10-12-16)24(26)27/h5-12,19H,3-4,13-14H2,1-2H3,(H,22,25). The first kappa shape index (κ1) is 21.7. The molecule has 0 spiro atoms. The molecule has 0 aromatic heterocycles. The maximum atomic E-state index is 12.2. The van der Waals surface area contributed by atoms with Gasteiger partial charge in [0.2, 0.25) is 0 Å². The van der Waals surface area contributed by atoms with Gasteiger partial charge in [0.15, 0.2) is 6.61 Å². The van der Waals surface area contributed by atoms with Crippen molar-refractivity contribution >= 4 is 23.2 Å². The first-order chi connectivity index (χ1) is 13.5. The second kappa shape index (κ2) is 10.6. The van der Waals surface area contributed by atoms with Gasteiger partial charge in [-0.1, -0.05) is 43.6 Å². The van der Waals surface area contributed by atoms with Crippen molar-refractivity contribution in [2.24, 2.45) is 0 Å². The number of hydrogen-bond acceptors (Lipinski definition) is 5. The summed E-state index contributed by atoms with van der Waals surface area (Å²) >= 11 is 6.36. The minimum absolute atomic E-state index is 0.0291. The van der Waals surface area contributed by atoms with E-state index in [1.807, 2.05) is 24.3 Å². The highest BCUT2D eigenvalue weighted by molar-refractivity contribution is 6.31. The highest BCUT2D eigenvalue weighted by Gasteiger charge is 2.21. The third kappa shape index (κ3) is 5.94. The molecule has 0 bridgehead atoms. The van der Waals surface area contributed by atoms with Crippen LogP contribution in [0.2, 0.25) is 5.02 Å². The van der Waals surface area contributed by atoms with Crippen LogP contribution in [-0.2, 0) is 4.79 Å². The van der Waals surface area contributed by atoms with Crippen molar-refractivity contribution in [3.63, 3.8) is 0 Å². The number of amides is 1. The smallest absolute Gasteiger partial charge is 0.269 e. The summed E-state index contributed by atoms with van der Waals surface area (Å²) in [6, 6.07) is 13.2. The molecule has 0 aliphatic rings. The zero-order valence-electron chi connectivity index (χ0n) is 15.9. The first-order valence-electron chi connectivity index (χ1n) is 9.08. The number of benzene rings is 2. The highest BCUT2D eigenvalue weighted by atomic mass is 35.5. The van der Waals surface area contributed by atoms with Crippen molar-refractivity contribution in [2.75, 3.05) is 26.2 Å². The molecule has 0 aliphatic carbocycles. The Balaban J connectivity index is 1.95. The topological polar surface area (TPSA) is 84.7 Å². The minimum atomic E-state index is -0.488. The van der Waals surface area contributed by atoms with Crippen LogP contribution < -0.4 is 10.1 Å². The Morgan fingerprint density at radius 2 is 1.82 bits per heavy atom. The number of halogens is 1. The number of carbonyl (C=O) groups excluding carboxylic acids is 1. The Hall–Kier alpha value is -2.64. The van der Waals surface area contributed by atoms with Crippen LogP contribution >= 0.6 is 11.6 Å². The van der Waals surface area contributed by atoms with Crippen LogP contribution in [0.5, 0.6) is 5.75 Å². The molecule has 8 heteroatoms. The van der Waals surface area contributed by atoms with E-state index in [9.17, 15) is 14.9 Å². The molecular formula is C20H24ClN3O4. The van der Waals surface area contributed by atoms with Crippen LogP contribution in [0.25, 0.3) is 0 Å². The average molecular weight is 406 g/mol. The van der Waals surface area contributed by atoms with Gasteiger partial charge in [-0.25, -0.2) is 0 Å². The van der Waals surface area contributed by atoms with Gasteiger partial charge in [0.25, 0.3) is 11.6 Å². The molecular weight excluding hydrogens is 382 g/mol. The number of ether oxygens (including phenoxy) is 1. The number of nitrogens with zero attached hydrogens (tertiary/aromatic N) is 2. The van der Waals surface area contributed by atoms with E-state index in [4.69, 9.17) is 16.3 Å². The van der Waals surface area contributed by atoms with Crippen LogP contribution in [0.4, 0.5) is 5.69 Å². The van der Waals surface area contributed by atoms with E-state index in [0.717, 1.165) is 18.7 Å². The molecule has 2 aromatic carbocycles. The third-order valence-electron chi connectivity index (χ3n) is 4.43.